The minimum Gasteiger partial charge on any atom is -0.466 e. The van der Waals surface area contributed by atoms with Crippen LogP contribution in [0.4, 0.5) is 36.4 Å². The van der Waals surface area contributed by atoms with Gasteiger partial charge in [-0.05, 0) is 24.1 Å². The lowest BCUT2D eigenvalue weighted by atomic mass is 10.1. The Hall–Kier alpha value is -2.82. The number of alkyl halides is 3. The summed E-state index contributed by atoms with van der Waals surface area (Å²) in [5.74, 6) is -12.0. The number of rotatable bonds is 6. The molecular weight excluding hydrogens is 459 g/mol. The Morgan fingerprint density at radius 2 is 1.58 bits per heavy atom. The second-order valence-corrected chi connectivity index (χ2v) is 6.54. The van der Waals surface area contributed by atoms with Crippen molar-refractivity contribution in [3.8, 4) is 0 Å². The van der Waals surface area contributed by atoms with Crippen LogP contribution in [0.2, 0.25) is 5.02 Å². The topological polar surface area (TPSA) is 55.4 Å². The number of hydrogen-bond donors (Lipinski definition) is 1. The summed E-state index contributed by atoms with van der Waals surface area (Å²) < 4.78 is 97.8. The molecule has 1 amide bonds. The van der Waals surface area contributed by atoms with Crippen LogP contribution in [0.3, 0.4) is 0 Å². The Kier molecular flexibility index (Phi) is 7.53. The first kappa shape index (κ1) is 24.4. The van der Waals surface area contributed by atoms with E-state index in [1.165, 1.54) is 23.5 Å². The molecule has 0 spiro atoms. The number of carbonyl (C=O) groups excluding carboxylic acids is 2. The third kappa shape index (κ3) is 5.66. The fraction of sp³-hybridized carbons (Fsp3) is 0.263. The van der Waals surface area contributed by atoms with Gasteiger partial charge < -0.3 is 10.1 Å². The van der Waals surface area contributed by atoms with E-state index in [1.807, 2.05) is 0 Å². The highest BCUT2D eigenvalue weighted by Gasteiger charge is 2.42. The predicted octanol–water partition coefficient (Wildman–Crippen LogP) is 5.20. The van der Waals surface area contributed by atoms with E-state index >= 15 is 0 Å². The van der Waals surface area contributed by atoms with E-state index in [4.69, 9.17) is 16.3 Å². The van der Waals surface area contributed by atoms with E-state index in [0.717, 1.165) is 0 Å². The highest BCUT2D eigenvalue weighted by molar-refractivity contribution is 6.31. The molecule has 0 unspecified atom stereocenters. The molecule has 168 valence electrons. The average Bonchev–Trinajstić information content (AvgIpc) is 2.65. The van der Waals surface area contributed by atoms with Gasteiger partial charge in [-0.2, -0.15) is 13.2 Å². The Morgan fingerprint density at radius 3 is 2.10 bits per heavy atom. The molecule has 0 heterocycles. The van der Waals surface area contributed by atoms with Gasteiger partial charge in [0.25, 0.3) is 0 Å². The van der Waals surface area contributed by atoms with Gasteiger partial charge in [-0.1, -0.05) is 23.7 Å². The SMILES string of the molecule is CCOC(=O)Cc1ccc(Cl)c(CC(=O)Nc2c(F)c(F)c(C(F)(F)F)c(F)c2F)c1. The molecule has 0 radical (unpaired) electrons. The largest absolute Gasteiger partial charge is 0.466 e. The van der Waals surface area contributed by atoms with Gasteiger partial charge in [0.15, 0.2) is 23.3 Å². The van der Waals surface area contributed by atoms with Crippen LogP contribution in [-0.4, -0.2) is 18.5 Å². The van der Waals surface area contributed by atoms with Gasteiger partial charge in [-0.15, -0.1) is 0 Å². The second kappa shape index (κ2) is 9.54. The van der Waals surface area contributed by atoms with E-state index < -0.39 is 59.0 Å². The number of carbonyl (C=O) groups is 2. The molecule has 0 saturated heterocycles. The second-order valence-electron chi connectivity index (χ2n) is 6.14. The van der Waals surface area contributed by atoms with Gasteiger partial charge in [0.2, 0.25) is 5.91 Å². The van der Waals surface area contributed by atoms with Crippen LogP contribution in [0.15, 0.2) is 18.2 Å². The lowest BCUT2D eigenvalue weighted by molar-refractivity contribution is -0.143. The number of amides is 1. The van der Waals surface area contributed by atoms with Crippen molar-refractivity contribution in [1.82, 2.24) is 0 Å². The summed E-state index contributed by atoms with van der Waals surface area (Å²) in [4.78, 5) is 23.7. The summed E-state index contributed by atoms with van der Waals surface area (Å²) in [7, 11) is 0. The summed E-state index contributed by atoms with van der Waals surface area (Å²) in [5, 5.41) is 1.53. The van der Waals surface area contributed by atoms with Gasteiger partial charge in [0.1, 0.15) is 11.3 Å². The number of anilines is 1. The molecule has 1 N–H and O–H groups in total. The maximum absolute atomic E-state index is 13.9. The number of ether oxygens (including phenoxy) is 1. The lowest BCUT2D eigenvalue weighted by Gasteiger charge is -2.15. The third-order valence-corrected chi connectivity index (χ3v) is 4.29. The first-order chi connectivity index (χ1) is 14.4. The maximum atomic E-state index is 13.9. The zero-order valence-corrected chi connectivity index (χ0v) is 16.4. The van der Waals surface area contributed by atoms with E-state index in [0.29, 0.717) is 5.56 Å². The first-order valence-electron chi connectivity index (χ1n) is 8.52. The Bertz CT molecular complexity index is 996. The summed E-state index contributed by atoms with van der Waals surface area (Å²) >= 11 is 5.94. The van der Waals surface area contributed by atoms with Crippen molar-refractivity contribution in [3.63, 3.8) is 0 Å². The number of benzene rings is 2. The predicted molar refractivity (Wildman–Crippen MR) is 95.4 cm³/mol. The molecule has 2 aromatic carbocycles. The molecule has 0 saturated carbocycles. The van der Waals surface area contributed by atoms with Crippen molar-refractivity contribution in [2.24, 2.45) is 0 Å². The molecule has 0 aliphatic heterocycles. The molecule has 2 rings (SSSR count). The van der Waals surface area contributed by atoms with Gasteiger partial charge >= 0.3 is 12.1 Å². The minimum absolute atomic E-state index is 0.0217. The highest BCUT2D eigenvalue weighted by atomic mass is 35.5. The van der Waals surface area contributed by atoms with Crippen molar-refractivity contribution >= 4 is 29.2 Å². The van der Waals surface area contributed by atoms with Crippen LogP contribution in [0.1, 0.15) is 23.6 Å². The molecule has 0 aliphatic carbocycles. The summed E-state index contributed by atoms with van der Waals surface area (Å²) in [6.45, 7) is 1.74. The standard InChI is InChI=1S/C19H13ClF7NO3/c1-2-31-12(30)6-8-3-4-10(20)9(5-8)7-11(29)28-18-16(23)14(21)13(19(25,26)27)15(22)17(18)24/h3-5H,2,6-7H2,1H3,(H,28,29). The third-order valence-electron chi connectivity index (χ3n) is 3.93. The zero-order chi connectivity index (χ0) is 23.5. The van der Waals surface area contributed by atoms with E-state index in [2.05, 4.69) is 0 Å². The number of hydrogen-bond acceptors (Lipinski definition) is 3. The summed E-state index contributed by atoms with van der Waals surface area (Å²) in [5.41, 5.74) is -4.01. The summed E-state index contributed by atoms with van der Waals surface area (Å²) in [6.07, 6.45) is -6.54. The molecule has 2 aromatic rings. The number of halogens is 8. The van der Waals surface area contributed by atoms with Crippen LogP contribution in [0.25, 0.3) is 0 Å². The monoisotopic (exact) mass is 471 g/mol. The summed E-state index contributed by atoms with van der Waals surface area (Å²) in [6, 6.07) is 4.11. The van der Waals surface area contributed by atoms with Gasteiger partial charge in [-0.3, -0.25) is 9.59 Å². The van der Waals surface area contributed by atoms with Crippen LogP contribution >= 0.6 is 11.6 Å². The molecule has 0 aromatic heterocycles. The Balaban J connectivity index is 2.29. The lowest BCUT2D eigenvalue weighted by Crippen LogP contribution is -2.21. The van der Waals surface area contributed by atoms with Crippen LogP contribution < -0.4 is 5.32 Å². The molecule has 0 atom stereocenters. The molecule has 31 heavy (non-hydrogen) atoms. The highest BCUT2D eigenvalue weighted by Crippen LogP contribution is 2.38. The van der Waals surface area contributed by atoms with E-state index in [-0.39, 0.29) is 23.6 Å². The quantitative estimate of drug-likeness (QED) is 0.358. The van der Waals surface area contributed by atoms with Crippen LogP contribution in [0, 0.1) is 23.3 Å². The first-order valence-corrected chi connectivity index (χ1v) is 8.90. The van der Waals surface area contributed by atoms with Crippen molar-refractivity contribution in [2.75, 3.05) is 11.9 Å². The molecule has 0 aliphatic rings. The average molecular weight is 472 g/mol. The Labute approximate surface area is 175 Å². The normalized spacial score (nSPS) is 11.4. The Morgan fingerprint density at radius 1 is 1.00 bits per heavy atom. The van der Waals surface area contributed by atoms with E-state index in [9.17, 15) is 40.3 Å². The van der Waals surface area contributed by atoms with Gasteiger partial charge in [-0.25, -0.2) is 17.6 Å². The van der Waals surface area contributed by atoms with Crippen LogP contribution in [0.5, 0.6) is 0 Å². The molecule has 0 bridgehead atoms. The molecule has 12 heteroatoms. The number of esters is 1. The van der Waals surface area contributed by atoms with Crippen molar-refractivity contribution in [1.29, 1.82) is 0 Å². The minimum atomic E-state index is -5.70. The van der Waals surface area contributed by atoms with Crippen LogP contribution in [-0.2, 0) is 33.3 Å². The molecular formula is C19H13ClF7NO3. The number of nitrogens with one attached hydrogen (secondary N) is 1. The fourth-order valence-corrected chi connectivity index (χ4v) is 2.78. The zero-order valence-electron chi connectivity index (χ0n) is 15.6. The fourth-order valence-electron chi connectivity index (χ4n) is 2.60. The van der Waals surface area contributed by atoms with Crippen molar-refractivity contribution in [3.05, 3.63) is 63.2 Å². The van der Waals surface area contributed by atoms with Crippen molar-refractivity contribution < 1.29 is 45.1 Å². The molecule has 0 fully saturated rings. The van der Waals surface area contributed by atoms with E-state index in [1.54, 1.807) is 6.92 Å². The van der Waals surface area contributed by atoms with Crippen molar-refractivity contribution in [2.45, 2.75) is 25.9 Å². The molecule has 4 nitrogen and oxygen atoms in total. The van der Waals surface area contributed by atoms with Gasteiger partial charge in [0, 0.05) is 5.02 Å². The smallest absolute Gasteiger partial charge is 0.422 e. The van der Waals surface area contributed by atoms with Gasteiger partial charge in [0.05, 0.1) is 19.4 Å². The maximum Gasteiger partial charge on any atom is 0.422 e.